The molecule has 0 spiro atoms. The first-order valence-corrected chi connectivity index (χ1v) is 5.28. The molecule has 0 heterocycles. The van der Waals surface area contributed by atoms with Gasteiger partial charge in [-0.3, -0.25) is 0 Å². The maximum atomic E-state index is 12.3. The van der Waals surface area contributed by atoms with Gasteiger partial charge in [-0.15, -0.1) is 0 Å². The molecule has 0 fully saturated rings. The summed E-state index contributed by atoms with van der Waals surface area (Å²) in [6, 6.07) is 3.99. The van der Waals surface area contributed by atoms with Crippen LogP contribution in [-0.4, -0.2) is 23.4 Å². The molecule has 1 aromatic rings. The largest absolute Gasteiger partial charge is 0.480 e. The van der Waals surface area contributed by atoms with Crippen LogP contribution in [0, 0.1) is 0 Å². The van der Waals surface area contributed by atoms with Gasteiger partial charge in [0.2, 0.25) is 0 Å². The Morgan fingerprint density at radius 2 is 2.06 bits per heavy atom. The number of hydrogen-bond donors (Lipinski definition) is 1. The Morgan fingerprint density at radius 1 is 1.47 bits per heavy atom. The van der Waals surface area contributed by atoms with Crippen molar-refractivity contribution in [3.05, 3.63) is 28.2 Å². The number of aromatic carboxylic acids is 1. The number of carboxylic acids is 1. The van der Waals surface area contributed by atoms with Crippen molar-refractivity contribution in [2.24, 2.45) is 0 Å². The van der Waals surface area contributed by atoms with Crippen molar-refractivity contribution in [2.45, 2.75) is 19.2 Å². The van der Waals surface area contributed by atoms with Crippen LogP contribution >= 0.6 is 15.9 Å². The number of rotatable bonds is 3. The number of hydrogen-bond acceptors (Lipinski definition) is 2. The minimum Gasteiger partial charge on any atom is -0.480 e. The zero-order valence-electron chi connectivity index (χ0n) is 8.58. The molecule has 0 saturated carbocycles. The second-order valence-corrected chi connectivity index (χ2v) is 4.07. The Bertz CT molecular complexity index is 431. The number of alkyl halides is 3. The molecular weight excluding hydrogens is 305 g/mol. The lowest BCUT2D eigenvalue weighted by molar-refractivity contribution is -0.189. The third-order valence-electron chi connectivity index (χ3n) is 1.95. The molecule has 3 nitrogen and oxygen atoms in total. The van der Waals surface area contributed by atoms with Gasteiger partial charge in [-0.05, 0) is 35.0 Å². The summed E-state index contributed by atoms with van der Waals surface area (Å²) in [5.41, 5.74) is -0.330. The SMILES string of the molecule is CC(Oc1cccc(Br)c1C(=O)O)C(F)(F)F. The van der Waals surface area contributed by atoms with E-state index in [0.717, 1.165) is 6.92 Å². The van der Waals surface area contributed by atoms with E-state index < -0.39 is 18.2 Å². The molecule has 0 radical (unpaired) electrons. The van der Waals surface area contributed by atoms with Crippen LogP contribution in [0.4, 0.5) is 13.2 Å². The summed E-state index contributed by atoms with van der Waals surface area (Å²) in [5, 5.41) is 8.87. The summed E-state index contributed by atoms with van der Waals surface area (Å²) in [4.78, 5) is 10.9. The monoisotopic (exact) mass is 312 g/mol. The first-order valence-electron chi connectivity index (χ1n) is 4.48. The molecule has 0 saturated heterocycles. The number of ether oxygens (including phenoxy) is 1. The van der Waals surface area contributed by atoms with Crippen LogP contribution in [0.2, 0.25) is 0 Å². The van der Waals surface area contributed by atoms with Crippen LogP contribution in [0.15, 0.2) is 22.7 Å². The Morgan fingerprint density at radius 3 is 2.53 bits per heavy atom. The summed E-state index contributed by atoms with van der Waals surface area (Å²) in [6.07, 6.45) is -6.62. The van der Waals surface area contributed by atoms with Crippen molar-refractivity contribution in [3.63, 3.8) is 0 Å². The van der Waals surface area contributed by atoms with Gasteiger partial charge in [-0.2, -0.15) is 13.2 Å². The van der Waals surface area contributed by atoms with E-state index in [9.17, 15) is 18.0 Å². The molecule has 1 atom stereocenters. The lowest BCUT2D eigenvalue weighted by Gasteiger charge is -2.19. The lowest BCUT2D eigenvalue weighted by Crippen LogP contribution is -2.31. The molecule has 7 heteroatoms. The maximum absolute atomic E-state index is 12.3. The van der Waals surface area contributed by atoms with E-state index in [-0.39, 0.29) is 15.8 Å². The highest BCUT2D eigenvalue weighted by molar-refractivity contribution is 9.10. The van der Waals surface area contributed by atoms with E-state index in [4.69, 9.17) is 5.11 Å². The van der Waals surface area contributed by atoms with Crippen LogP contribution in [-0.2, 0) is 0 Å². The van der Waals surface area contributed by atoms with Crippen LogP contribution in [0.25, 0.3) is 0 Å². The van der Waals surface area contributed by atoms with E-state index in [2.05, 4.69) is 20.7 Å². The van der Waals surface area contributed by atoms with Crippen molar-refractivity contribution in [3.8, 4) is 5.75 Å². The molecule has 17 heavy (non-hydrogen) atoms. The van der Waals surface area contributed by atoms with Gasteiger partial charge in [0.1, 0.15) is 11.3 Å². The van der Waals surface area contributed by atoms with E-state index in [1.165, 1.54) is 18.2 Å². The predicted molar refractivity (Wildman–Crippen MR) is 57.2 cm³/mol. The molecule has 0 amide bonds. The molecule has 0 aliphatic carbocycles. The molecule has 1 rings (SSSR count). The Labute approximate surface area is 103 Å². The average molecular weight is 313 g/mol. The molecule has 0 aromatic heterocycles. The van der Waals surface area contributed by atoms with Crippen molar-refractivity contribution < 1.29 is 27.8 Å². The fraction of sp³-hybridized carbons (Fsp3) is 0.300. The van der Waals surface area contributed by atoms with Gasteiger partial charge in [0.05, 0.1) is 0 Å². The second kappa shape index (κ2) is 4.95. The van der Waals surface area contributed by atoms with Gasteiger partial charge in [0.15, 0.2) is 6.10 Å². The highest BCUT2D eigenvalue weighted by Gasteiger charge is 2.38. The van der Waals surface area contributed by atoms with Crippen molar-refractivity contribution in [2.75, 3.05) is 0 Å². The fourth-order valence-electron chi connectivity index (χ4n) is 1.07. The molecule has 94 valence electrons. The van der Waals surface area contributed by atoms with Gasteiger partial charge in [-0.25, -0.2) is 4.79 Å². The molecule has 1 aromatic carbocycles. The Kier molecular flexibility index (Phi) is 4.03. The number of carboxylic acid groups (broad SMARTS) is 1. The quantitative estimate of drug-likeness (QED) is 0.929. The summed E-state index contributed by atoms with van der Waals surface area (Å²) >= 11 is 2.95. The molecule has 1 N–H and O–H groups in total. The van der Waals surface area contributed by atoms with E-state index in [1.807, 2.05) is 0 Å². The third kappa shape index (κ3) is 3.36. The van der Waals surface area contributed by atoms with Gasteiger partial charge in [0.25, 0.3) is 0 Å². The molecular formula is C10H8BrF3O3. The summed E-state index contributed by atoms with van der Waals surface area (Å²) < 4.78 is 41.6. The highest BCUT2D eigenvalue weighted by Crippen LogP contribution is 2.30. The van der Waals surface area contributed by atoms with Crippen molar-refractivity contribution >= 4 is 21.9 Å². The minimum atomic E-state index is -4.54. The molecule has 0 bridgehead atoms. The summed E-state index contributed by atoms with van der Waals surface area (Å²) in [7, 11) is 0. The van der Waals surface area contributed by atoms with E-state index >= 15 is 0 Å². The smallest absolute Gasteiger partial charge is 0.425 e. The number of halogens is 4. The zero-order valence-corrected chi connectivity index (χ0v) is 10.2. The topological polar surface area (TPSA) is 46.5 Å². The highest BCUT2D eigenvalue weighted by atomic mass is 79.9. The van der Waals surface area contributed by atoms with Crippen LogP contribution in [0.5, 0.6) is 5.75 Å². The van der Waals surface area contributed by atoms with Crippen LogP contribution < -0.4 is 4.74 Å². The third-order valence-corrected chi connectivity index (χ3v) is 2.61. The first-order chi connectivity index (χ1) is 7.73. The summed E-state index contributed by atoms with van der Waals surface area (Å²) in [5.74, 6) is -1.68. The fourth-order valence-corrected chi connectivity index (χ4v) is 1.58. The normalized spacial score (nSPS) is 13.2. The first kappa shape index (κ1) is 13.8. The lowest BCUT2D eigenvalue weighted by atomic mass is 10.2. The number of benzene rings is 1. The zero-order chi connectivity index (χ0) is 13.2. The van der Waals surface area contributed by atoms with Crippen LogP contribution in [0.1, 0.15) is 17.3 Å². The van der Waals surface area contributed by atoms with Crippen molar-refractivity contribution in [1.82, 2.24) is 0 Å². The number of carbonyl (C=O) groups is 1. The minimum absolute atomic E-state index is 0.164. The average Bonchev–Trinajstić information content (AvgIpc) is 2.15. The van der Waals surface area contributed by atoms with E-state index in [0.29, 0.717) is 0 Å². The maximum Gasteiger partial charge on any atom is 0.425 e. The van der Waals surface area contributed by atoms with Gasteiger partial charge < -0.3 is 9.84 Å². The second-order valence-electron chi connectivity index (χ2n) is 3.22. The van der Waals surface area contributed by atoms with Crippen molar-refractivity contribution in [1.29, 1.82) is 0 Å². The van der Waals surface area contributed by atoms with Gasteiger partial charge >= 0.3 is 12.1 Å². The summed E-state index contributed by atoms with van der Waals surface area (Å²) in [6.45, 7) is 0.812. The molecule has 0 aliphatic rings. The Balaban J connectivity index is 3.07. The van der Waals surface area contributed by atoms with Crippen LogP contribution in [0.3, 0.4) is 0 Å². The van der Waals surface area contributed by atoms with Gasteiger partial charge in [0, 0.05) is 4.47 Å². The predicted octanol–water partition coefficient (Wildman–Crippen LogP) is 3.48. The molecule has 1 unspecified atom stereocenters. The van der Waals surface area contributed by atoms with E-state index in [1.54, 1.807) is 0 Å². The standard InChI is InChI=1S/C10H8BrF3O3/c1-5(10(12,13)14)17-7-4-2-3-6(11)8(7)9(15)16/h2-5H,1H3,(H,15,16). The molecule has 0 aliphatic heterocycles. The van der Waals surface area contributed by atoms with Gasteiger partial charge in [-0.1, -0.05) is 6.07 Å². The Hall–Kier alpha value is -1.24.